The zero-order chi connectivity index (χ0) is 25.4. The third kappa shape index (κ3) is 7.55. The van der Waals surface area contributed by atoms with Crippen LogP contribution in [-0.4, -0.2) is 46.2 Å². The Morgan fingerprint density at radius 1 is 1.20 bits per heavy atom. The average Bonchev–Trinajstić information content (AvgIpc) is 3.32. The van der Waals surface area contributed by atoms with Crippen molar-refractivity contribution in [3.63, 3.8) is 0 Å². The highest BCUT2D eigenvalue weighted by atomic mass is 32.1. The Morgan fingerprint density at radius 2 is 1.94 bits per heavy atom. The minimum atomic E-state index is -1.10. The second-order valence-corrected chi connectivity index (χ2v) is 8.28. The minimum absolute atomic E-state index is 0.0926. The van der Waals surface area contributed by atoms with Crippen molar-refractivity contribution in [1.29, 1.82) is 0 Å². The number of nitro groups is 1. The Balaban J connectivity index is 1.62. The second-order valence-electron chi connectivity index (χ2n) is 7.87. The molecule has 2 atom stereocenters. The molecule has 184 valence electrons. The summed E-state index contributed by atoms with van der Waals surface area (Å²) in [5.41, 5.74) is 1.33. The number of hydrogen-bond acceptors (Lipinski definition) is 9. The van der Waals surface area contributed by atoms with Crippen molar-refractivity contribution >= 4 is 46.7 Å². The topological polar surface area (TPSA) is 157 Å². The lowest BCUT2D eigenvalue weighted by molar-refractivity contribution is -0.384. The number of hydrogen-bond donors (Lipinski definition) is 3. The zero-order valence-corrected chi connectivity index (χ0v) is 19.3. The third-order valence-electron chi connectivity index (χ3n) is 5.34. The predicted molar refractivity (Wildman–Crippen MR) is 128 cm³/mol. The summed E-state index contributed by atoms with van der Waals surface area (Å²) < 4.78 is 10.2. The summed E-state index contributed by atoms with van der Waals surface area (Å²) >= 11 is 5.28. The van der Waals surface area contributed by atoms with Crippen LogP contribution in [0.2, 0.25) is 0 Å². The van der Waals surface area contributed by atoms with E-state index in [1.54, 1.807) is 24.3 Å². The quantitative estimate of drug-likeness (QED) is 0.202. The number of rotatable bonds is 9. The number of nitrogens with zero attached hydrogens (tertiary/aromatic N) is 1. The fourth-order valence-corrected chi connectivity index (χ4v) is 4.03. The van der Waals surface area contributed by atoms with Crippen LogP contribution in [0.3, 0.4) is 0 Å². The van der Waals surface area contributed by atoms with Gasteiger partial charge in [-0.05, 0) is 73.0 Å². The molecular weight excluding hydrogens is 478 g/mol. The van der Waals surface area contributed by atoms with Crippen LogP contribution in [0, 0.1) is 22.0 Å². The first-order chi connectivity index (χ1) is 16.7. The van der Waals surface area contributed by atoms with Crippen LogP contribution in [0.25, 0.3) is 0 Å². The van der Waals surface area contributed by atoms with Crippen LogP contribution in [0.1, 0.15) is 17.5 Å². The number of carboxylic acids is 1. The van der Waals surface area contributed by atoms with Crippen LogP contribution >= 0.6 is 12.2 Å². The molecule has 12 heteroatoms. The number of carbonyl (C=O) groups excluding carboxylic acids is 2. The molecule has 0 saturated carbocycles. The minimum Gasteiger partial charge on any atom is -0.481 e. The van der Waals surface area contributed by atoms with Gasteiger partial charge in [0, 0.05) is 17.8 Å². The molecule has 1 amide bonds. The molecule has 1 heterocycles. The summed E-state index contributed by atoms with van der Waals surface area (Å²) in [6, 6.07) is 11.9. The van der Waals surface area contributed by atoms with Crippen LogP contribution < -0.4 is 10.6 Å². The van der Waals surface area contributed by atoms with Crippen molar-refractivity contribution in [2.45, 2.75) is 19.4 Å². The molecule has 1 fully saturated rings. The first-order valence-corrected chi connectivity index (χ1v) is 11.1. The van der Waals surface area contributed by atoms with Gasteiger partial charge in [-0.3, -0.25) is 19.7 Å². The molecule has 0 aromatic heterocycles. The number of benzene rings is 2. The van der Waals surface area contributed by atoms with Gasteiger partial charge in [0.05, 0.1) is 11.3 Å². The lowest BCUT2D eigenvalue weighted by atomic mass is 9.91. The summed E-state index contributed by atoms with van der Waals surface area (Å²) in [6.45, 7) is 0.978. The average molecular weight is 502 g/mol. The lowest BCUT2D eigenvalue weighted by Crippen LogP contribution is -2.38. The highest BCUT2D eigenvalue weighted by molar-refractivity contribution is 7.80. The fraction of sp³-hybridized carbons (Fsp3) is 0.304. The Kier molecular flexibility index (Phi) is 8.81. The summed E-state index contributed by atoms with van der Waals surface area (Å²) in [5.74, 6) is -2.63. The maximum atomic E-state index is 13.1. The van der Waals surface area contributed by atoms with Crippen LogP contribution in [0.15, 0.2) is 48.5 Å². The molecule has 1 aliphatic heterocycles. The van der Waals surface area contributed by atoms with Gasteiger partial charge < -0.3 is 25.2 Å². The number of amides is 1. The normalized spacial score (nSPS) is 15.6. The number of carboxylic acid groups (broad SMARTS) is 1. The Hall–Kier alpha value is -3.90. The standard InChI is InChI=1S/C23H23N3O8S/c27-19(28)11-15-2-1-3-17(10-15)25-21(29)20(16-8-9-24-12-16)22(35)34-23(30)33-13-14-4-6-18(7-5-14)26(31)32/h1-7,10,16,20,24H,8-9,11-13H2,(H,25,29)(H,27,28)/t16-,20+/m1/s1. The molecular formula is C23H23N3O8S. The van der Waals surface area contributed by atoms with Gasteiger partial charge in [-0.25, -0.2) is 4.79 Å². The van der Waals surface area contributed by atoms with E-state index in [9.17, 15) is 24.5 Å². The molecule has 0 radical (unpaired) electrons. The number of thiocarbonyl (C=S) groups is 1. The molecule has 3 N–H and O–H groups in total. The molecule has 0 bridgehead atoms. The van der Waals surface area contributed by atoms with E-state index in [0.29, 0.717) is 36.3 Å². The summed E-state index contributed by atoms with van der Waals surface area (Å²) in [5, 5.41) is 25.3. The van der Waals surface area contributed by atoms with E-state index in [2.05, 4.69) is 10.6 Å². The highest BCUT2D eigenvalue weighted by Gasteiger charge is 2.36. The van der Waals surface area contributed by atoms with Gasteiger partial charge in [0.2, 0.25) is 5.91 Å². The van der Waals surface area contributed by atoms with Crippen LogP contribution in [-0.2, 0) is 32.1 Å². The second kappa shape index (κ2) is 12.0. The Labute approximate surface area is 205 Å². The van der Waals surface area contributed by atoms with Gasteiger partial charge in [-0.15, -0.1) is 0 Å². The van der Waals surface area contributed by atoms with E-state index in [4.69, 9.17) is 26.8 Å². The smallest absolute Gasteiger partial charge is 0.481 e. The van der Waals surface area contributed by atoms with Gasteiger partial charge in [0.1, 0.15) is 12.5 Å². The Morgan fingerprint density at radius 3 is 2.57 bits per heavy atom. The first-order valence-electron chi connectivity index (χ1n) is 10.7. The van der Waals surface area contributed by atoms with Crippen molar-refractivity contribution in [2.24, 2.45) is 11.8 Å². The number of ether oxygens (including phenoxy) is 2. The van der Waals surface area contributed by atoms with E-state index >= 15 is 0 Å². The third-order valence-corrected chi connectivity index (χ3v) is 5.68. The van der Waals surface area contributed by atoms with E-state index < -0.39 is 28.9 Å². The number of anilines is 1. The molecule has 2 aromatic carbocycles. The zero-order valence-electron chi connectivity index (χ0n) is 18.5. The molecule has 0 aliphatic carbocycles. The molecule has 0 spiro atoms. The van der Waals surface area contributed by atoms with E-state index in [1.807, 2.05) is 0 Å². The van der Waals surface area contributed by atoms with Crippen molar-refractivity contribution < 1.29 is 33.9 Å². The SMILES string of the molecule is O=C(O)Cc1cccc(NC(=O)[C@@H](C(=S)OC(=O)OCc2ccc([N+](=O)[O-])cc2)[C@@H]2CCNC2)c1. The molecule has 1 saturated heterocycles. The van der Waals surface area contributed by atoms with E-state index in [1.165, 1.54) is 24.3 Å². The number of nitro benzene ring substituents is 1. The number of carbonyl (C=O) groups is 3. The van der Waals surface area contributed by atoms with Gasteiger partial charge in [0.25, 0.3) is 5.69 Å². The first kappa shape index (κ1) is 25.7. The molecule has 3 rings (SSSR count). The number of aliphatic carboxylic acids is 1. The number of nitrogens with one attached hydrogen (secondary N) is 2. The fourth-order valence-electron chi connectivity index (χ4n) is 3.66. The lowest BCUT2D eigenvalue weighted by Gasteiger charge is -2.22. The molecule has 2 aromatic rings. The monoisotopic (exact) mass is 501 g/mol. The molecule has 1 aliphatic rings. The van der Waals surface area contributed by atoms with Crippen LogP contribution in [0.5, 0.6) is 0 Å². The summed E-state index contributed by atoms with van der Waals surface area (Å²) in [4.78, 5) is 46.5. The maximum Gasteiger partial charge on any atom is 0.514 e. The van der Waals surface area contributed by atoms with Crippen molar-refractivity contribution in [3.8, 4) is 0 Å². The largest absolute Gasteiger partial charge is 0.514 e. The van der Waals surface area contributed by atoms with E-state index in [0.717, 1.165) is 0 Å². The highest BCUT2D eigenvalue weighted by Crippen LogP contribution is 2.24. The van der Waals surface area contributed by atoms with Crippen molar-refractivity contribution in [1.82, 2.24) is 5.32 Å². The molecule has 0 unspecified atom stereocenters. The summed E-state index contributed by atoms with van der Waals surface area (Å²) in [7, 11) is 0. The van der Waals surface area contributed by atoms with Gasteiger partial charge in [0.15, 0.2) is 5.05 Å². The van der Waals surface area contributed by atoms with Crippen LogP contribution in [0.4, 0.5) is 16.2 Å². The predicted octanol–water partition coefficient (Wildman–Crippen LogP) is 3.07. The van der Waals surface area contributed by atoms with Gasteiger partial charge >= 0.3 is 12.1 Å². The maximum absolute atomic E-state index is 13.1. The molecule has 35 heavy (non-hydrogen) atoms. The van der Waals surface area contributed by atoms with Crippen molar-refractivity contribution in [2.75, 3.05) is 18.4 Å². The van der Waals surface area contributed by atoms with Gasteiger partial charge in [-0.1, -0.05) is 12.1 Å². The van der Waals surface area contributed by atoms with E-state index in [-0.39, 0.29) is 29.7 Å². The van der Waals surface area contributed by atoms with Crippen molar-refractivity contribution in [3.05, 3.63) is 69.8 Å². The number of non-ortho nitro benzene ring substituents is 1. The van der Waals surface area contributed by atoms with Gasteiger partial charge in [-0.2, -0.15) is 0 Å². The molecule has 11 nitrogen and oxygen atoms in total. The Bertz CT molecular complexity index is 1120. The summed E-state index contributed by atoms with van der Waals surface area (Å²) in [6.07, 6.45) is -0.652.